The number of hydrogen-bond donors (Lipinski definition) is 1. The molecule has 0 bridgehead atoms. The normalized spacial score (nSPS) is 12.5. The van der Waals surface area contributed by atoms with Crippen molar-refractivity contribution in [1.82, 2.24) is 4.98 Å². The van der Waals surface area contributed by atoms with Gasteiger partial charge in [-0.25, -0.2) is 13.4 Å². The van der Waals surface area contributed by atoms with Gasteiger partial charge in [-0.05, 0) is 42.2 Å². The van der Waals surface area contributed by atoms with Crippen LogP contribution in [-0.4, -0.2) is 13.4 Å². The molecule has 1 heterocycles. The zero-order valence-electron chi connectivity index (χ0n) is 15.3. The molecule has 1 aromatic heterocycles. The van der Waals surface area contributed by atoms with Crippen molar-refractivity contribution in [3.05, 3.63) is 70.7 Å². The molecule has 0 aliphatic rings. The van der Waals surface area contributed by atoms with Gasteiger partial charge in [0.25, 0.3) is 10.0 Å². The third-order valence-electron chi connectivity index (χ3n) is 4.36. The van der Waals surface area contributed by atoms with Gasteiger partial charge in [-0.2, -0.15) is 0 Å². The SMILES string of the molecule is CC[C@@H](C)c1ccc(S(=O)(=O)Nc2ccccc2OCc2cscn2)cc1. The molecule has 1 N–H and O–H groups in total. The third-order valence-corrected chi connectivity index (χ3v) is 6.38. The van der Waals surface area contributed by atoms with Crippen molar-refractivity contribution in [3.8, 4) is 5.75 Å². The molecule has 0 aliphatic heterocycles. The Morgan fingerprint density at radius 2 is 1.89 bits per heavy atom. The quantitative estimate of drug-likeness (QED) is 0.573. The average molecular weight is 403 g/mol. The van der Waals surface area contributed by atoms with E-state index in [1.54, 1.807) is 41.9 Å². The van der Waals surface area contributed by atoms with E-state index in [0.29, 0.717) is 17.4 Å². The lowest BCUT2D eigenvalue weighted by Crippen LogP contribution is -2.14. The van der Waals surface area contributed by atoms with Gasteiger partial charge in [-0.1, -0.05) is 38.1 Å². The van der Waals surface area contributed by atoms with E-state index >= 15 is 0 Å². The molecule has 1 atom stereocenters. The molecule has 0 radical (unpaired) electrons. The predicted molar refractivity (Wildman–Crippen MR) is 109 cm³/mol. The van der Waals surface area contributed by atoms with E-state index in [9.17, 15) is 8.42 Å². The zero-order chi connectivity index (χ0) is 19.3. The van der Waals surface area contributed by atoms with Crippen molar-refractivity contribution in [1.29, 1.82) is 0 Å². The Balaban J connectivity index is 1.77. The van der Waals surface area contributed by atoms with Gasteiger partial charge in [-0.15, -0.1) is 11.3 Å². The van der Waals surface area contributed by atoms with Gasteiger partial charge in [0.05, 0.1) is 21.8 Å². The van der Waals surface area contributed by atoms with E-state index < -0.39 is 10.0 Å². The molecular formula is C20H22N2O3S2. The Kier molecular flexibility index (Phi) is 6.13. The molecule has 0 saturated carbocycles. The third kappa shape index (κ3) is 4.87. The lowest BCUT2D eigenvalue weighted by Gasteiger charge is -2.14. The van der Waals surface area contributed by atoms with Crippen LogP contribution in [0.15, 0.2) is 64.3 Å². The Bertz CT molecular complexity index is 969. The van der Waals surface area contributed by atoms with Crippen LogP contribution in [0.25, 0.3) is 0 Å². The average Bonchev–Trinajstić information content (AvgIpc) is 3.20. The highest BCUT2D eigenvalue weighted by Crippen LogP contribution is 2.28. The molecule has 3 aromatic rings. The minimum atomic E-state index is -3.70. The first-order valence-electron chi connectivity index (χ1n) is 8.71. The Morgan fingerprint density at radius 1 is 1.15 bits per heavy atom. The molecule has 27 heavy (non-hydrogen) atoms. The van der Waals surface area contributed by atoms with E-state index in [2.05, 4.69) is 23.6 Å². The number of rotatable bonds is 8. The standard InChI is InChI=1S/C20H22N2O3S2/c1-3-15(2)16-8-10-18(11-9-16)27(23,24)22-19-6-4-5-7-20(19)25-12-17-13-26-14-21-17/h4-11,13-15,22H,3,12H2,1-2H3/t15-/m1/s1. The van der Waals surface area contributed by atoms with Crippen LogP contribution in [0.3, 0.4) is 0 Å². The van der Waals surface area contributed by atoms with Gasteiger partial charge in [0.15, 0.2) is 0 Å². The number of nitrogens with zero attached hydrogens (tertiary/aromatic N) is 1. The van der Waals surface area contributed by atoms with Gasteiger partial charge in [0.1, 0.15) is 12.4 Å². The largest absolute Gasteiger partial charge is 0.485 e. The van der Waals surface area contributed by atoms with Crippen molar-refractivity contribution in [2.75, 3.05) is 4.72 Å². The maximum absolute atomic E-state index is 12.8. The fraction of sp³-hybridized carbons (Fsp3) is 0.250. The lowest BCUT2D eigenvalue weighted by atomic mass is 9.99. The summed E-state index contributed by atoms with van der Waals surface area (Å²) in [7, 11) is -3.70. The first-order chi connectivity index (χ1) is 13.0. The number of anilines is 1. The monoisotopic (exact) mass is 402 g/mol. The summed E-state index contributed by atoms with van der Waals surface area (Å²) < 4.78 is 33.9. The predicted octanol–water partition coefficient (Wildman–Crippen LogP) is 5.04. The Morgan fingerprint density at radius 3 is 2.56 bits per heavy atom. The Labute approximate surface area is 164 Å². The topological polar surface area (TPSA) is 68.3 Å². The highest BCUT2D eigenvalue weighted by molar-refractivity contribution is 7.92. The maximum Gasteiger partial charge on any atom is 0.262 e. The van der Waals surface area contributed by atoms with E-state index in [0.717, 1.165) is 17.7 Å². The van der Waals surface area contributed by atoms with Crippen LogP contribution < -0.4 is 9.46 Å². The molecule has 7 heteroatoms. The second-order valence-electron chi connectivity index (χ2n) is 6.25. The number of thiazole rings is 1. The minimum absolute atomic E-state index is 0.226. The van der Waals surface area contributed by atoms with Gasteiger partial charge in [0, 0.05) is 5.38 Å². The van der Waals surface area contributed by atoms with E-state index in [-0.39, 0.29) is 11.5 Å². The van der Waals surface area contributed by atoms with Crippen molar-refractivity contribution in [3.63, 3.8) is 0 Å². The molecule has 0 amide bonds. The Hall–Kier alpha value is -2.38. The molecule has 2 aromatic carbocycles. The van der Waals surface area contributed by atoms with Crippen LogP contribution in [-0.2, 0) is 16.6 Å². The number of para-hydroxylation sites is 2. The number of hydrogen-bond acceptors (Lipinski definition) is 5. The maximum atomic E-state index is 12.8. The summed E-state index contributed by atoms with van der Waals surface area (Å²) in [6, 6.07) is 14.0. The number of aromatic nitrogens is 1. The lowest BCUT2D eigenvalue weighted by molar-refractivity contribution is 0.304. The summed E-state index contributed by atoms with van der Waals surface area (Å²) in [5.41, 5.74) is 4.07. The molecule has 3 rings (SSSR count). The smallest absolute Gasteiger partial charge is 0.262 e. The second kappa shape index (κ2) is 8.54. The van der Waals surface area contributed by atoms with E-state index in [1.807, 2.05) is 17.5 Å². The van der Waals surface area contributed by atoms with Gasteiger partial charge < -0.3 is 4.74 Å². The van der Waals surface area contributed by atoms with Crippen molar-refractivity contribution in [2.45, 2.75) is 37.7 Å². The minimum Gasteiger partial charge on any atom is -0.485 e. The van der Waals surface area contributed by atoms with Crippen molar-refractivity contribution < 1.29 is 13.2 Å². The van der Waals surface area contributed by atoms with Crippen LogP contribution in [0, 0.1) is 0 Å². The van der Waals surface area contributed by atoms with Crippen molar-refractivity contribution >= 4 is 27.0 Å². The fourth-order valence-corrected chi connectivity index (χ4v) is 4.17. The summed E-state index contributed by atoms with van der Waals surface area (Å²) >= 11 is 1.49. The molecule has 0 fully saturated rings. The van der Waals surface area contributed by atoms with E-state index in [4.69, 9.17) is 4.74 Å². The summed E-state index contributed by atoms with van der Waals surface area (Å²) in [6.07, 6.45) is 1.01. The first kappa shape index (κ1) is 19.4. The van der Waals surface area contributed by atoms with Crippen LogP contribution in [0.5, 0.6) is 5.75 Å². The van der Waals surface area contributed by atoms with Gasteiger partial charge in [0.2, 0.25) is 0 Å². The van der Waals surface area contributed by atoms with Gasteiger partial charge >= 0.3 is 0 Å². The van der Waals surface area contributed by atoms with Gasteiger partial charge in [-0.3, -0.25) is 4.72 Å². The number of benzene rings is 2. The highest BCUT2D eigenvalue weighted by atomic mass is 32.2. The van der Waals surface area contributed by atoms with Crippen LogP contribution in [0.1, 0.15) is 37.4 Å². The summed E-state index contributed by atoms with van der Waals surface area (Å²) in [5, 5.41) is 1.89. The molecule has 0 aliphatic carbocycles. The second-order valence-corrected chi connectivity index (χ2v) is 8.65. The number of sulfonamides is 1. The molecule has 0 unspecified atom stereocenters. The molecule has 5 nitrogen and oxygen atoms in total. The van der Waals surface area contributed by atoms with E-state index in [1.165, 1.54) is 11.3 Å². The molecule has 142 valence electrons. The van der Waals surface area contributed by atoms with Crippen LogP contribution in [0.2, 0.25) is 0 Å². The summed E-state index contributed by atoms with van der Waals surface area (Å²) in [6.45, 7) is 4.52. The number of ether oxygens (including phenoxy) is 1. The summed E-state index contributed by atoms with van der Waals surface area (Å²) in [5.74, 6) is 0.861. The van der Waals surface area contributed by atoms with Crippen molar-refractivity contribution in [2.24, 2.45) is 0 Å². The molecule has 0 spiro atoms. The molecular weight excluding hydrogens is 380 g/mol. The number of nitrogens with one attached hydrogen (secondary N) is 1. The van der Waals surface area contributed by atoms with Crippen LogP contribution >= 0.6 is 11.3 Å². The fourth-order valence-electron chi connectivity index (χ4n) is 2.55. The first-order valence-corrected chi connectivity index (χ1v) is 11.1. The van der Waals surface area contributed by atoms with Crippen LogP contribution in [0.4, 0.5) is 5.69 Å². The highest BCUT2D eigenvalue weighted by Gasteiger charge is 2.17. The zero-order valence-corrected chi connectivity index (χ0v) is 16.9. The summed E-state index contributed by atoms with van der Waals surface area (Å²) in [4.78, 5) is 4.39. The molecule has 0 saturated heterocycles.